The lowest BCUT2D eigenvalue weighted by Crippen LogP contribution is -2.06. The highest BCUT2D eigenvalue weighted by atomic mass is 19.1. The van der Waals surface area contributed by atoms with Crippen molar-refractivity contribution in [3.05, 3.63) is 48.3 Å². The van der Waals surface area contributed by atoms with Crippen molar-refractivity contribution in [3.63, 3.8) is 0 Å². The summed E-state index contributed by atoms with van der Waals surface area (Å²) in [6.07, 6.45) is 3.68. The number of halogens is 1. The Balaban J connectivity index is 2.76. The smallest absolute Gasteiger partial charge is 0.123 e. The Labute approximate surface area is 84.4 Å². The van der Waals surface area contributed by atoms with Gasteiger partial charge in [-0.1, -0.05) is 18.2 Å². The van der Waals surface area contributed by atoms with Crippen molar-refractivity contribution < 1.29 is 4.39 Å². The van der Waals surface area contributed by atoms with Crippen molar-refractivity contribution in [2.24, 2.45) is 5.73 Å². The van der Waals surface area contributed by atoms with E-state index in [-0.39, 0.29) is 5.82 Å². The average molecular weight is 193 g/mol. The molecule has 0 aromatic heterocycles. The topological polar surface area (TPSA) is 26.0 Å². The number of nitrogens with two attached hydrogens (primary N) is 1. The lowest BCUT2D eigenvalue weighted by atomic mass is 9.93. The van der Waals surface area contributed by atoms with Gasteiger partial charge in [0, 0.05) is 0 Å². The van der Waals surface area contributed by atoms with Gasteiger partial charge < -0.3 is 5.73 Å². The molecule has 0 radical (unpaired) electrons. The third kappa shape index (κ3) is 2.96. The largest absolute Gasteiger partial charge is 0.330 e. The van der Waals surface area contributed by atoms with Gasteiger partial charge in [-0.2, -0.15) is 0 Å². The number of hydrogen-bond acceptors (Lipinski definition) is 1. The van der Waals surface area contributed by atoms with E-state index in [1.807, 2.05) is 18.2 Å². The van der Waals surface area contributed by atoms with E-state index in [2.05, 4.69) is 6.58 Å². The van der Waals surface area contributed by atoms with Crippen molar-refractivity contribution in [2.75, 3.05) is 6.54 Å². The van der Waals surface area contributed by atoms with Crippen LogP contribution in [0.4, 0.5) is 4.39 Å². The van der Waals surface area contributed by atoms with Gasteiger partial charge >= 0.3 is 0 Å². The summed E-state index contributed by atoms with van der Waals surface area (Å²) in [5.74, 6) is 0.178. The molecule has 0 bridgehead atoms. The Morgan fingerprint density at radius 3 is 2.50 bits per heavy atom. The molecular weight excluding hydrogens is 177 g/mol. The van der Waals surface area contributed by atoms with E-state index in [9.17, 15) is 4.39 Å². The fourth-order valence-corrected chi connectivity index (χ4v) is 1.56. The summed E-state index contributed by atoms with van der Waals surface area (Å²) in [5.41, 5.74) is 6.65. The first-order valence-corrected chi connectivity index (χ1v) is 4.84. The third-order valence-electron chi connectivity index (χ3n) is 2.31. The standard InChI is InChI=1S/C12H16FN/c1-2-3-10(8-9-14)11-4-6-12(13)7-5-11/h2,4-7,10H,1,3,8-9,14H2. The summed E-state index contributed by atoms with van der Waals surface area (Å²) in [4.78, 5) is 0. The molecule has 0 heterocycles. The zero-order valence-electron chi connectivity index (χ0n) is 8.25. The van der Waals surface area contributed by atoms with Crippen LogP contribution in [0.3, 0.4) is 0 Å². The fraction of sp³-hybridized carbons (Fsp3) is 0.333. The van der Waals surface area contributed by atoms with Crippen LogP contribution in [0.15, 0.2) is 36.9 Å². The van der Waals surface area contributed by atoms with Crippen LogP contribution >= 0.6 is 0 Å². The zero-order valence-corrected chi connectivity index (χ0v) is 8.25. The van der Waals surface area contributed by atoms with Gasteiger partial charge in [0.15, 0.2) is 0 Å². The summed E-state index contributed by atoms with van der Waals surface area (Å²) in [6.45, 7) is 4.36. The average Bonchev–Trinajstić information content (AvgIpc) is 2.19. The van der Waals surface area contributed by atoms with Crippen LogP contribution in [0.2, 0.25) is 0 Å². The molecule has 1 unspecified atom stereocenters. The maximum atomic E-state index is 12.7. The van der Waals surface area contributed by atoms with Crippen LogP contribution in [0.5, 0.6) is 0 Å². The van der Waals surface area contributed by atoms with E-state index in [0.717, 1.165) is 18.4 Å². The lowest BCUT2D eigenvalue weighted by molar-refractivity contribution is 0.617. The Hall–Kier alpha value is -1.15. The molecule has 0 aliphatic carbocycles. The maximum Gasteiger partial charge on any atom is 0.123 e. The summed E-state index contributed by atoms with van der Waals surface area (Å²) in [5, 5.41) is 0. The van der Waals surface area contributed by atoms with Crippen molar-refractivity contribution in [2.45, 2.75) is 18.8 Å². The van der Waals surface area contributed by atoms with Gasteiger partial charge in [-0.05, 0) is 43.0 Å². The molecule has 1 aromatic carbocycles. The van der Waals surface area contributed by atoms with Gasteiger partial charge in [-0.15, -0.1) is 6.58 Å². The highest BCUT2D eigenvalue weighted by Gasteiger charge is 2.08. The molecule has 2 heteroatoms. The fourth-order valence-electron chi connectivity index (χ4n) is 1.56. The summed E-state index contributed by atoms with van der Waals surface area (Å²) >= 11 is 0. The minimum Gasteiger partial charge on any atom is -0.330 e. The molecule has 0 fully saturated rings. The maximum absolute atomic E-state index is 12.7. The van der Waals surface area contributed by atoms with Crippen LogP contribution in [0, 0.1) is 5.82 Å². The van der Waals surface area contributed by atoms with Crippen LogP contribution in [0.25, 0.3) is 0 Å². The number of rotatable bonds is 5. The Bertz CT molecular complexity index is 279. The molecule has 1 aromatic rings. The Morgan fingerprint density at radius 2 is 2.00 bits per heavy atom. The van der Waals surface area contributed by atoms with Gasteiger partial charge in [0.25, 0.3) is 0 Å². The second-order valence-corrected chi connectivity index (χ2v) is 3.35. The third-order valence-corrected chi connectivity index (χ3v) is 2.31. The van der Waals surface area contributed by atoms with Gasteiger partial charge in [-0.25, -0.2) is 4.39 Å². The monoisotopic (exact) mass is 193 g/mol. The first-order chi connectivity index (χ1) is 6.77. The highest BCUT2D eigenvalue weighted by Crippen LogP contribution is 2.23. The first kappa shape index (κ1) is 10.9. The Kier molecular flexibility index (Phi) is 4.33. The van der Waals surface area contributed by atoms with Gasteiger partial charge in [-0.3, -0.25) is 0 Å². The van der Waals surface area contributed by atoms with Gasteiger partial charge in [0.1, 0.15) is 5.82 Å². The van der Waals surface area contributed by atoms with Crippen molar-refractivity contribution >= 4 is 0 Å². The predicted octanol–water partition coefficient (Wildman–Crippen LogP) is 2.83. The molecule has 0 spiro atoms. The van der Waals surface area contributed by atoms with E-state index in [1.165, 1.54) is 12.1 Å². The molecule has 1 nitrogen and oxygen atoms in total. The van der Waals surface area contributed by atoms with Crippen molar-refractivity contribution in [3.8, 4) is 0 Å². The molecule has 0 saturated heterocycles. The molecular formula is C12H16FN. The van der Waals surface area contributed by atoms with Crippen LogP contribution in [-0.4, -0.2) is 6.54 Å². The molecule has 2 N–H and O–H groups in total. The minimum absolute atomic E-state index is 0.196. The molecule has 14 heavy (non-hydrogen) atoms. The van der Waals surface area contributed by atoms with E-state index in [0.29, 0.717) is 12.5 Å². The zero-order chi connectivity index (χ0) is 10.4. The molecule has 0 saturated carbocycles. The van der Waals surface area contributed by atoms with E-state index in [1.54, 1.807) is 0 Å². The Morgan fingerprint density at radius 1 is 1.36 bits per heavy atom. The number of benzene rings is 1. The second-order valence-electron chi connectivity index (χ2n) is 3.35. The van der Waals surface area contributed by atoms with Crippen molar-refractivity contribution in [1.82, 2.24) is 0 Å². The summed E-state index contributed by atoms with van der Waals surface area (Å²) in [6, 6.07) is 6.61. The molecule has 76 valence electrons. The molecule has 0 aliphatic heterocycles. The van der Waals surface area contributed by atoms with Gasteiger partial charge in [0.05, 0.1) is 0 Å². The molecule has 1 atom stereocenters. The predicted molar refractivity (Wildman–Crippen MR) is 57.6 cm³/mol. The van der Waals surface area contributed by atoms with Gasteiger partial charge in [0.2, 0.25) is 0 Å². The first-order valence-electron chi connectivity index (χ1n) is 4.84. The normalized spacial score (nSPS) is 12.4. The molecule has 1 rings (SSSR count). The van der Waals surface area contributed by atoms with E-state index < -0.39 is 0 Å². The highest BCUT2D eigenvalue weighted by molar-refractivity contribution is 5.21. The SMILES string of the molecule is C=CCC(CCN)c1ccc(F)cc1. The molecule has 0 amide bonds. The van der Waals surface area contributed by atoms with Crippen LogP contribution < -0.4 is 5.73 Å². The van der Waals surface area contributed by atoms with Crippen LogP contribution in [-0.2, 0) is 0 Å². The summed E-state index contributed by atoms with van der Waals surface area (Å²) in [7, 11) is 0. The number of allylic oxidation sites excluding steroid dienone is 1. The van der Waals surface area contributed by atoms with Crippen molar-refractivity contribution in [1.29, 1.82) is 0 Å². The second kappa shape index (κ2) is 5.55. The van der Waals surface area contributed by atoms with E-state index in [4.69, 9.17) is 5.73 Å². The number of hydrogen-bond donors (Lipinski definition) is 1. The summed E-state index contributed by atoms with van der Waals surface area (Å²) < 4.78 is 12.7. The van der Waals surface area contributed by atoms with E-state index >= 15 is 0 Å². The molecule has 0 aliphatic rings. The minimum atomic E-state index is -0.196. The lowest BCUT2D eigenvalue weighted by Gasteiger charge is -2.14. The quantitative estimate of drug-likeness (QED) is 0.715. The van der Waals surface area contributed by atoms with Crippen LogP contribution in [0.1, 0.15) is 24.3 Å².